The third kappa shape index (κ3) is 4.53. The van der Waals surface area contributed by atoms with Crippen LogP contribution in [0.2, 0.25) is 0 Å². The van der Waals surface area contributed by atoms with E-state index in [2.05, 4.69) is 5.43 Å². The number of hydrazine groups is 1. The summed E-state index contributed by atoms with van der Waals surface area (Å²) in [6.45, 7) is 0.328. The van der Waals surface area contributed by atoms with E-state index < -0.39 is 19.7 Å². The van der Waals surface area contributed by atoms with E-state index >= 15 is 0 Å². The number of benzene rings is 1. The molecule has 134 valence electrons. The molecule has 6 nitrogen and oxygen atoms in total. The van der Waals surface area contributed by atoms with Crippen LogP contribution < -0.4 is 5.43 Å². The fraction of sp³-hybridized carbons (Fsp3) is 0.600. The Labute approximate surface area is 141 Å². The number of nitrogens with one attached hydrogen (secondary N) is 1. The smallest absolute Gasteiger partial charge is 0.151 e. The maximum Gasteiger partial charge on any atom is 0.151 e. The molecule has 2 atom stereocenters. The molecule has 1 N–H and O–H groups in total. The molecule has 2 fully saturated rings. The lowest BCUT2D eigenvalue weighted by Crippen LogP contribution is -2.50. The largest absolute Gasteiger partial charge is 0.250 e. The molecular formula is C15H21FN2O4S2. The van der Waals surface area contributed by atoms with Gasteiger partial charge in [-0.3, -0.25) is 5.43 Å². The number of sulfone groups is 2. The lowest BCUT2D eigenvalue weighted by Gasteiger charge is -2.31. The molecule has 1 aromatic carbocycles. The van der Waals surface area contributed by atoms with Gasteiger partial charge < -0.3 is 0 Å². The Balaban J connectivity index is 1.76. The second-order valence-electron chi connectivity index (χ2n) is 6.54. The lowest BCUT2D eigenvalue weighted by atomic mass is 10.1. The molecule has 0 unspecified atom stereocenters. The van der Waals surface area contributed by atoms with Crippen LogP contribution in [0.1, 0.15) is 18.4 Å². The van der Waals surface area contributed by atoms with Crippen LogP contribution in [-0.4, -0.2) is 56.9 Å². The topological polar surface area (TPSA) is 83.6 Å². The average molecular weight is 376 g/mol. The van der Waals surface area contributed by atoms with E-state index in [1.54, 1.807) is 17.1 Å². The zero-order chi connectivity index (χ0) is 17.4. The molecule has 3 rings (SSSR count). The third-order valence-electron chi connectivity index (χ3n) is 4.47. The number of halogens is 1. The van der Waals surface area contributed by atoms with Crippen molar-refractivity contribution in [2.24, 2.45) is 0 Å². The molecule has 0 spiro atoms. The van der Waals surface area contributed by atoms with Gasteiger partial charge in [0, 0.05) is 18.6 Å². The quantitative estimate of drug-likeness (QED) is 0.754. The Morgan fingerprint density at radius 1 is 1.08 bits per heavy atom. The Morgan fingerprint density at radius 2 is 1.79 bits per heavy atom. The standard InChI is InChI=1S/C15H21FN2O4S2/c16-13-3-1-2-12(8-13)9-18(15-5-7-24(21,22)11-15)17-14-4-6-23(19,20)10-14/h1-3,8,14-15,17H,4-7,9-11H2/t14-,15-/m0/s1. The molecule has 0 aromatic heterocycles. The summed E-state index contributed by atoms with van der Waals surface area (Å²) in [5.74, 6) is -0.000415. The number of hydrogen-bond donors (Lipinski definition) is 1. The molecule has 2 saturated heterocycles. The first-order chi connectivity index (χ1) is 11.2. The zero-order valence-electron chi connectivity index (χ0n) is 13.2. The Morgan fingerprint density at radius 3 is 2.38 bits per heavy atom. The highest BCUT2D eigenvalue weighted by atomic mass is 32.2. The lowest BCUT2D eigenvalue weighted by molar-refractivity contribution is 0.107. The molecule has 0 bridgehead atoms. The summed E-state index contributed by atoms with van der Waals surface area (Å²) in [5.41, 5.74) is 3.90. The van der Waals surface area contributed by atoms with Crippen LogP contribution in [0.4, 0.5) is 4.39 Å². The predicted octanol–water partition coefficient (Wildman–Crippen LogP) is 0.507. The van der Waals surface area contributed by atoms with Crippen LogP contribution >= 0.6 is 0 Å². The molecule has 0 saturated carbocycles. The summed E-state index contributed by atoms with van der Waals surface area (Å²) in [6.07, 6.45) is 0.992. The first-order valence-electron chi connectivity index (χ1n) is 7.90. The Bertz CT molecular complexity index is 811. The maximum atomic E-state index is 13.4. The molecule has 1 aromatic rings. The molecule has 9 heteroatoms. The van der Waals surface area contributed by atoms with Crippen LogP contribution in [0.25, 0.3) is 0 Å². The summed E-state index contributed by atoms with van der Waals surface area (Å²) in [5, 5.41) is 1.78. The normalized spacial score (nSPS) is 28.4. The Hall–Kier alpha value is -1.03. The predicted molar refractivity (Wildman–Crippen MR) is 89.2 cm³/mol. The molecule has 2 heterocycles. The summed E-state index contributed by atoms with van der Waals surface area (Å²) < 4.78 is 60.3. The molecule has 24 heavy (non-hydrogen) atoms. The van der Waals surface area contributed by atoms with Gasteiger partial charge >= 0.3 is 0 Å². The van der Waals surface area contributed by atoms with Crippen molar-refractivity contribution in [1.29, 1.82) is 0 Å². The highest BCUT2D eigenvalue weighted by Crippen LogP contribution is 2.21. The van der Waals surface area contributed by atoms with Gasteiger partial charge in [-0.15, -0.1) is 0 Å². The van der Waals surface area contributed by atoms with Gasteiger partial charge in [-0.1, -0.05) is 12.1 Å². The number of nitrogens with zero attached hydrogens (tertiary/aromatic N) is 1. The summed E-state index contributed by atoms with van der Waals surface area (Å²) >= 11 is 0. The van der Waals surface area contributed by atoms with Gasteiger partial charge in [0.15, 0.2) is 19.7 Å². The first-order valence-corrected chi connectivity index (χ1v) is 11.5. The minimum absolute atomic E-state index is 0.0365. The number of hydrogen-bond acceptors (Lipinski definition) is 6. The molecule has 2 aliphatic rings. The van der Waals surface area contributed by atoms with Gasteiger partial charge in [-0.2, -0.15) is 0 Å². The van der Waals surface area contributed by atoms with E-state index in [4.69, 9.17) is 0 Å². The van der Waals surface area contributed by atoms with Crippen molar-refractivity contribution in [3.8, 4) is 0 Å². The SMILES string of the molecule is O=S1(=O)CC[C@H](NN(Cc2cccc(F)c2)[C@H]2CCS(=O)(=O)C2)C1. The van der Waals surface area contributed by atoms with Crippen molar-refractivity contribution in [3.63, 3.8) is 0 Å². The van der Waals surface area contributed by atoms with E-state index in [0.29, 0.717) is 24.9 Å². The van der Waals surface area contributed by atoms with Gasteiger partial charge in [0.2, 0.25) is 0 Å². The van der Waals surface area contributed by atoms with Gasteiger partial charge in [-0.25, -0.2) is 26.2 Å². The van der Waals surface area contributed by atoms with Crippen molar-refractivity contribution in [3.05, 3.63) is 35.6 Å². The number of rotatable bonds is 5. The minimum Gasteiger partial charge on any atom is -0.250 e. The van der Waals surface area contributed by atoms with E-state index in [1.807, 2.05) is 0 Å². The fourth-order valence-corrected chi connectivity index (χ4v) is 6.66. The summed E-state index contributed by atoms with van der Waals surface area (Å²) in [4.78, 5) is 0. The zero-order valence-corrected chi connectivity index (χ0v) is 14.8. The maximum absolute atomic E-state index is 13.4. The molecular weight excluding hydrogens is 355 g/mol. The van der Waals surface area contributed by atoms with Crippen LogP contribution in [-0.2, 0) is 26.2 Å². The third-order valence-corrected chi connectivity index (χ3v) is 7.99. The van der Waals surface area contributed by atoms with Gasteiger partial charge in [0.25, 0.3) is 0 Å². The van der Waals surface area contributed by atoms with Crippen molar-refractivity contribution in [1.82, 2.24) is 10.4 Å². The average Bonchev–Trinajstić information content (AvgIpc) is 3.00. The van der Waals surface area contributed by atoms with Crippen LogP contribution in [0, 0.1) is 5.82 Å². The van der Waals surface area contributed by atoms with E-state index in [0.717, 1.165) is 0 Å². The first kappa shape index (κ1) is 17.8. The van der Waals surface area contributed by atoms with Gasteiger partial charge in [-0.05, 0) is 30.5 Å². The van der Waals surface area contributed by atoms with Gasteiger partial charge in [0.05, 0.1) is 23.0 Å². The Kier molecular flexibility index (Phi) is 4.96. The van der Waals surface area contributed by atoms with E-state index in [-0.39, 0.29) is 40.9 Å². The van der Waals surface area contributed by atoms with Crippen LogP contribution in [0.5, 0.6) is 0 Å². The molecule has 2 aliphatic heterocycles. The van der Waals surface area contributed by atoms with Gasteiger partial charge in [0.1, 0.15) is 5.82 Å². The van der Waals surface area contributed by atoms with Crippen molar-refractivity contribution >= 4 is 19.7 Å². The van der Waals surface area contributed by atoms with E-state index in [9.17, 15) is 21.2 Å². The highest BCUT2D eigenvalue weighted by molar-refractivity contribution is 7.91. The van der Waals surface area contributed by atoms with Crippen LogP contribution in [0.3, 0.4) is 0 Å². The monoisotopic (exact) mass is 376 g/mol. The molecule has 0 amide bonds. The fourth-order valence-electron chi connectivity index (χ4n) is 3.26. The van der Waals surface area contributed by atoms with Crippen molar-refractivity contribution in [2.75, 3.05) is 23.0 Å². The van der Waals surface area contributed by atoms with E-state index in [1.165, 1.54) is 12.1 Å². The second kappa shape index (κ2) is 6.70. The van der Waals surface area contributed by atoms with Crippen molar-refractivity contribution in [2.45, 2.75) is 31.5 Å². The minimum atomic E-state index is -3.07. The summed E-state index contributed by atoms with van der Waals surface area (Å²) in [6, 6.07) is 5.67. The van der Waals surface area contributed by atoms with Crippen molar-refractivity contribution < 1.29 is 21.2 Å². The van der Waals surface area contributed by atoms with Crippen LogP contribution in [0.15, 0.2) is 24.3 Å². The molecule has 0 radical (unpaired) electrons. The highest BCUT2D eigenvalue weighted by Gasteiger charge is 2.35. The molecule has 0 aliphatic carbocycles. The summed E-state index contributed by atoms with van der Waals surface area (Å²) in [7, 11) is -6.11. The second-order valence-corrected chi connectivity index (χ2v) is 11.0.